The van der Waals surface area contributed by atoms with Crippen molar-refractivity contribution >= 4 is 29.9 Å². The van der Waals surface area contributed by atoms with Crippen molar-refractivity contribution in [1.29, 1.82) is 0 Å². The van der Waals surface area contributed by atoms with Crippen LogP contribution in [0.4, 0.5) is 0 Å². The molecular formula is C18H36IN7. The van der Waals surface area contributed by atoms with Crippen LogP contribution >= 0.6 is 24.0 Å². The van der Waals surface area contributed by atoms with Crippen molar-refractivity contribution in [3.8, 4) is 0 Å². The minimum absolute atomic E-state index is 0. The van der Waals surface area contributed by atoms with Gasteiger partial charge in [-0.2, -0.15) is 0 Å². The third kappa shape index (κ3) is 6.68. The molecule has 2 rings (SSSR count). The molecule has 0 aromatic carbocycles. The molecule has 0 radical (unpaired) electrons. The molecular weight excluding hydrogens is 441 g/mol. The minimum Gasteiger partial charge on any atom is -0.357 e. The fourth-order valence-electron chi connectivity index (χ4n) is 3.40. The van der Waals surface area contributed by atoms with E-state index in [1.54, 1.807) is 0 Å². The van der Waals surface area contributed by atoms with Crippen LogP contribution in [0.25, 0.3) is 0 Å². The zero-order valence-corrected chi connectivity index (χ0v) is 19.3. The molecule has 8 heteroatoms. The van der Waals surface area contributed by atoms with Gasteiger partial charge >= 0.3 is 0 Å². The zero-order valence-electron chi connectivity index (χ0n) is 17.0. The SMILES string of the molecule is CCNC(=NCc1nnc2n1CCC2)NCCCN(C(C)C)C(C)C.I. The van der Waals surface area contributed by atoms with E-state index in [-0.39, 0.29) is 24.0 Å². The van der Waals surface area contributed by atoms with Gasteiger partial charge in [0.05, 0.1) is 0 Å². The van der Waals surface area contributed by atoms with Gasteiger partial charge in [0.15, 0.2) is 11.8 Å². The first-order valence-electron chi connectivity index (χ1n) is 9.71. The van der Waals surface area contributed by atoms with Crippen LogP contribution in [0.1, 0.15) is 59.1 Å². The van der Waals surface area contributed by atoms with Gasteiger partial charge < -0.3 is 15.2 Å². The van der Waals surface area contributed by atoms with Crippen molar-refractivity contribution in [1.82, 2.24) is 30.3 Å². The van der Waals surface area contributed by atoms with Crippen molar-refractivity contribution in [2.75, 3.05) is 19.6 Å². The Hall–Kier alpha value is -0.900. The van der Waals surface area contributed by atoms with Gasteiger partial charge in [0, 0.05) is 44.7 Å². The van der Waals surface area contributed by atoms with Crippen molar-refractivity contribution in [2.24, 2.45) is 4.99 Å². The van der Waals surface area contributed by atoms with Crippen LogP contribution in [0.15, 0.2) is 4.99 Å². The maximum Gasteiger partial charge on any atom is 0.191 e. The van der Waals surface area contributed by atoms with Crippen LogP contribution in [-0.4, -0.2) is 57.3 Å². The Morgan fingerprint density at radius 1 is 1.19 bits per heavy atom. The number of halogens is 1. The van der Waals surface area contributed by atoms with Gasteiger partial charge in [-0.15, -0.1) is 34.2 Å². The van der Waals surface area contributed by atoms with Crippen molar-refractivity contribution in [3.05, 3.63) is 11.6 Å². The van der Waals surface area contributed by atoms with E-state index in [0.717, 1.165) is 56.6 Å². The normalized spacial score (nSPS) is 14.1. The van der Waals surface area contributed by atoms with Crippen LogP contribution < -0.4 is 10.6 Å². The number of nitrogens with one attached hydrogen (secondary N) is 2. The molecule has 1 aromatic rings. The molecule has 2 heterocycles. The van der Waals surface area contributed by atoms with E-state index in [1.165, 1.54) is 6.42 Å². The maximum atomic E-state index is 4.68. The Morgan fingerprint density at radius 2 is 1.92 bits per heavy atom. The van der Waals surface area contributed by atoms with Crippen LogP contribution in [-0.2, 0) is 19.5 Å². The van der Waals surface area contributed by atoms with Gasteiger partial charge in [0.25, 0.3) is 0 Å². The van der Waals surface area contributed by atoms with Gasteiger partial charge in [-0.1, -0.05) is 0 Å². The molecule has 150 valence electrons. The summed E-state index contributed by atoms with van der Waals surface area (Å²) in [6.07, 6.45) is 3.31. The van der Waals surface area contributed by atoms with Gasteiger partial charge in [-0.05, 0) is 47.5 Å². The van der Waals surface area contributed by atoms with Gasteiger partial charge in [-0.3, -0.25) is 4.90 Å². The van der Waals surface area contributed by atoms with Crippen molar-refractivity contribution < 1.29 is 0 Å². The van der Waals surface area contributed by atoms with Crippen LogP contribution in [0.3, 0.4) is 0 Å². The fourth-order valence-corrected chi connectivity index (χ4v) is 3.40. The molecule has 1 aromatic heterocycles. The summed E-state index contributed by atoms with van der Waals surface area (Å²) in [6, 6.07) is 1.16. The molecule has 0 atom stereocenters. The Balaban J connectivity index is 0.00000338. The summed E-state index contributed by atoms with van der Waals surface area (Å²) in [7, 11) is 0. The lowest BCUT2D eigenvalue weighted by molar-refractivity contribution is 0.173. The second kappa shape index (κ2) is 11.7. The van der Waals surface area contributed by atoms with Crippen LogP contribution in [0.5, 0.6) is 0 Å². The van der Waals surface area contributed by atoms with Gasteiger partial charge in [0.2, 0.25) is 0 Å². The highest BCUT2D eigenvalue weighted by Crippen LogP contribution is 2.14. The molecule has 0 bridgehead atoms. The third-order valence-corrected chi connectivity index (χ3v) is 4.62. The van der Waals surface area contributed by atoms with Gasteiger partial charge in [0.1, 0.15) is 12.4 Å². The number of rotatable bonds is 9. The predicted molar refractivity (Wildman–Crippen MR) is 118 cm³/mol. The molecule has 7 nitrogen and oxygen atoms in total. The van der Waals surface area contributed by atoms with Crippen molar-refractivity contribution in [3.63, 3.8) is 0 Å². The molecule has 0 amide bonds. The quantitative estimate of drug-likeness (QED) is 0.248. The molecule has 2 N–H and O–H groups in total. The number of fused-ring (bicyclic) bond motifs is 1. The fraction of sp³-hybridized carbons (Fsp3) is 0.833. The number of nitrogens with zero attached hydrogens (tertiary/aromatic N) is 5. The minimum atomic E-state index is 0. The Bertz CT molecular complexity index is 546. The summed E-state index contributed by atoms with van der Waals surface area (Å²) in [5.74, 6) is 2.93. The van der Waals surface area contributed by atoms with E-state index in [4.69, 9.17) is 0 Å². The summed E-state index contributed by atoms with van der Waals surface area (Å²) < 4.78 is 2.20. The Kier molecular flexibility index (Phi) is 10.4. The monoisotopic (exact) mass is 477 g/mol. The van der Waals surface area contributed by atoms with E-state index in [9.17, 15) is 0 Å². The summed E-state index contributed by atoms with van der Waals surface area (Å²) in [4.78, 5) is 7.20. The first-order valence-corrected chi connectivity index (χ1v) is 9.71. The first kappa shape index (κ1) is 23.1. The second-order valence-electron chi connectivity index (χ2n) is 7.19. The van der Waals surface area contributed by atoms with E-state index in [0.29, 0.717) is 18.6 Å². The number of aliphatic imine (C=N–C) groups is 1. The summed E-state index contributed by atoms with van der Waals surface area (Å²) in [5.41, 5.74) is 0. The maximum absolute atomic E-state index is 4.68. The number of aryl methyl sites for hydroxylation is 1. The Labute approximate surface area is 175 Å². The molecule has 0 unspecified atom stereocenters. The number of hydrogen-bond donors (Lipinski definition) is 2. The molecule has 0 spiro atoms. The van der Waals surface area contributed by atoms with Crippen LogP contribution in [0, 0.1) is 0 Å². The van der Waals surface area contributed by atoms with E-state index in [1.807, 2.05) is 0 Å². The van der Waals surface area contributed by atoms with E-state index in [2.05, 4.69) is 69.9 Å². The van der Waals surface area contributed by atoms with E-state index >= 15 is 0 Å². The largest absolute Gasteiger partial charge is 0.357 e. The molecule has 1 aliphatic rings. The summed E-state index contributed by atoms with van der Waals surface area (Å²) >= 11 is 0. The molecule has 0 fully saturated rings. The predicted octanol–water partition coefficient (Wildman–Crippen LogP) is 2.41. The standard InChI is InChI=1S/C18H35N7.HI/c1-6-19-18(20-10-8-12-24(14(2)3)15(4)5)21-13-17-23-22-16-9-7-11-25(16)17;/h14-15H,6-13H2,1-5H3,(H2,19,20,21);1H. The Morgan fingerprint density at radius 3 is 2.58 bits per heavy atom. The lowest BCUT2D eigenvalue weighted by Gasteiger charge is -2.30. The highest BCUT2D eigenvalue weighted by Gasteiger charge is 2.17. The molecule has 0 saturated heterocycles. The molecule has 0 aliphatic carbocycles. The number of aromatic nitrogens is 3. The first-order chi connectivity index (χ1) is 12.0. The molecule has 0 saturated carbocycles. The number of guanidine groups is 1. The van der Waals surface area contributed by atoms with Crippen LogP contribution in [0.2, 0.25) is 0 Å². The van der Waals surface area contributed by atoms with Gasteiger partial charge in [-0.25, -0.2) is 4.99 Å². The highest BCUT2D eigenvalue weighted by molar-refractivity contribution is 14.0. The second-order valence-corrected chi connectivity index (χ2v) is 7.19. The lowest BCUT2D eigenvalue weighted by Crippen LogP contribution is -2.41. The average molecular weight is 477 g/mol. The topological polar surface area (TPSA) is 70.4 Å². The summed E-state index contributed by atoms with van der Waals surface area (Å²) in [6.45, 7) is 15.6. The molecule has 1 aliphatic heterocycles. The van der Waals surface area contributed by atoms with E-state index < -0.39 is 0 Å². The molecule has 26 heavy (non-hydrogen) atoms. The van der Waals surface area contributed by atoms with Crippen molar-refractivity contribution in [2.45, 2.75) is 79.1 Å². The third-order valence-electron chi connectivity index (χ3n) is 4.62. The average Bonchev–Trinajstić information content (AvgIpc) is 3.15. The lowest BCUT2D eigenvalue weighted by atomic mass is 10.2. The number of hydrogen-bond acceptors (Lipinski definition) is 4. The zero-order chi connectivity index (χ0) is 18.2. The highest BCUT2D eigenvalue weighted by atomic mass is 127. The smallest absolute Gasteiger partial charge is 0.191 e. The summed E-state index contributed by atoms with van der Waals surface area (Å²) in [5, 5.41) is 15.3.